The van der Waals surface area contributed by atoms with E-state index in [-0.39, 0.29) is 5.92 Å². The third-order valence-corrected chi connectivity index (χ3v) is 6.39. The van der Waals surface area contributed by atoms with Crippen molar-refractivity contribution < 1.29 is 9.47 Å². The van der Waals surface area contributed by atoms with Crippen molar-refractivity contribution in [2.75, 3.05) is 46.6 Å². The number of benzene rings is 2. The number of hydrogen-bond acceptors (Lipinski definition) is 5. The van der Waals surface area contributed by atoms with Crippen molar-refractivity contribution in [1.82, 2.24) is 14.5 Å². The first-order chi connectivity index (χ1) is 16.0. The highest BCUT2D eigenvalue weighted by atomic mass is 35.5. The van der Waals surface area contributed by atoms with Gasteiger partial charge in [0.2, 0.25) is 0 Å². The topological polar surface area (TPSA) is 65.5 Å². The summed E-state index contributed by atoms with van der Waals surface area (Å²) in [6.45, 7) is 5.31. The molecule has 0 spiro atoms. The number of rotatable bonds is 10. The number of nitrogens with zero attached hydrogens (tertiary/aromatic N) is 3. The van der Waals surface area contributed by atoms with Crippen LogP contribution in [-0.4, -0.2) is 61.0 Å². The number of imidazole rings is 1. The van der Waals surface area contributed by atoms with Crippen LogP contribution in [0.5, 0.6) is 0 Å². The van der Waals surface area contributed by atoms with Crippen LogP contribution in [0.15, 0.2) is 48.9 Å². The largest absolute Gasteiger partial charge is 0.378 e. The molecule has 4 rings (SSSR count). The summed E-state index contributed by atoms with van der Waals surface area (Å²) in [5, 5.41) is 1.41. The van der Waals surface area contributed by atoms with Gasteiger partial charge in [0, 0.05) is 53.9 Å². The fraction of sp³-hybridized carbons (Fsp3) is 0.400. The molecule has 0 aliphatic carbocycles. The van der Waals surface area contributed by atoms with Crippen molar-refractivity contribution >= 4 is 23.2 Å². The fourth-order valence-electron chi connectivity index (χ4n) is 4.25. The molecule has 0 unspecified atom stereocenters. The lowest BCUT2D eigenvalue weighted by molar-refractivity contribution is 0.0477. The number of ether oxygens (including phenoxy) is 2. The molecule has 2 heterocycles. The van der Waals surface area contributed by atoms with Crippen molar-refractivity contribution in [1.29, 1.82) is 0 Å². The molecule has 1 aromatic heterocycles. The van der Waals surface area contributed by atoms with Gasteiger partial charge in [-0.15, -0.1) is 0 Å². The number of fused-ring (bicyclic) bond motifs is 1. The van der Waals surface area contributed by atoms with Crippen LogP contribution in [0, 0.1) is 0 Å². The van der Waals surface area contributed by atoms with Crippen LogP contribution in [0.3, 0.4) is 0 Å². The Hall–Kier alpha value is -1.93. The average Bonchev–Trinajstić information content (AvgIpc) is 3.28. The van der Waals surface area contributed by atoms with E-state index < -0.39 is 0 Å². The minimum atomic E-state index is 0.201. The lowest BCUT2D eigenvalue weighted by atomic mass is 9.84. The number of nitrogens with two attached hydrogens (primary N) is 1. The molecule has 0 amide bonds. The highest BCUT2D eigenvalue weighted by Gasteiger charge is 2.27. The Bertz CT molecular complexity index is 1070. The van der Waals surface area contributed by atoms with E-state index in [1.165, 1.54) is 11.1 Å². The lowest BCUT2D eigenvalue weighted by Gasteiger charge is -2.33. The standard InChI is InChI=1S/C25H30Cl2N4O2/c1-30-14-22(21-12-20(26)13-24(27)23(21)15-30)18-3-2-4-19(11-18)25-16-31(17-29-25)6-8-33-10-9-32-7-5-28/h2-4,11-13,16-17,22H,5-10,14-15,28H2,1H3/t22-/m0/s1. The number of halogens is 2. The Morgan fingerprint density at radius 1 is 1.09 bits per heavy atom. The summed E-state index contributed by atoms with van der Waals surface area (Å²) in [5.41, 5.74) is 11.0. The van der Waals surface area contributed by atoms with Crippen molar-refractivity contribution in [3.63, 3.8) is 0 Å². The smallest absolute Gasteiger partial charge is 0.0954 e. The normalized spacial score (nSPS) is 16.2. The quantitative estimate of drug-likeness (QED) is 0.427. The molecule has 0 fully saturated rings. The van der Waals surface area contributed by atoms with Gasteiger partial charge in [0.1, 0.15) is 0 Å². The van der Waals surface area contributed by atoms with Crippen LogP contribution in [0.1, 0.15) is 22.6 Å². The van der Waals surface area contributed by atoms with Gasteiger partial charge in [0.05, 0.1) is 38.4 Å². The average molecular weight is 489 g/mol. The Labute approximate surface area is 205 Å². The van der Waals surface area contributed by atoms with Gasteiger partial charge in [-0.05, 0) is 41.9 Å². The van der Waals surface area contributed by atoms with Gasteiger partial charge in [-0.25, -0.2) is 4.98 Å². The SMILES string of the molecule is CN1Cc2c(Cl)cc(Cl)cc2[C@H](c2cccc(-c3cn(CCOCCOCCN)cn3)c2)C1. The zero-order chi connectivity index (χ0) is 23.2. The van der Waals surface area contributed by atoms with Crippen LogP contribution in [0.2, 0.25) is 10.0 Å². The lowest BCUT2D eigenvalue weighted by Crippen LogP contribution is -2.31. The zero-order valence-corrected chi connectivity index (χ0v) is 20.4. The summed E-state index contributed by atoms with van der Waals surface area (Å²) in [5.74, 6) is 0.201. The van der Waals surface area contributed by atoms with Crippen molar-refractivity contribution in [3.05, 3.63) is 75.7 Å². The van der Waals surface area contributed by atoms with Gasteiger partial charge in [0.25, 0.3) is 0 Å². The molecule has 1 atom stereocenters. The maximum atomic E-state index is 6.53. The Morgan fingerprint density at radius 2 is 1.91 bits per heavy atom. The van der Waals surface area contributed by atoms with Crippen LogP contribution in [-0.2, 0) is 22.6 Å². The molecule has 3 aromatic rings. The zero-order valence-electron chi connectivity index (χ0n) is 18.8. The molecule has 0 saturated heterocycles. The molecule has 1 aliphatic heterocycles. The summed E-state index contributed by atoms with van der Waals surface area (Å²) >= 11 is 12.9. The molecule has 2 N–H and O–H groups in total. The summed E-state index contributed by atoms with van der Waals surface area (Å²) in [6, 6.07) is 12.5. The van der Waals surface area contributed by atoms with Crippen LogP contribution >= 0.6 is 23.2 Å². The summed E-state index contributed by atoms with van der Waals surface area (Å²) in [4.78, 5) is 6.92. The first kappa shape index (κ1) is 24.2. The number of likely N-dealkylation sites (N-methyl/N-ethyl adjacent to an activating group) is 1. The fourth-order valence-corrected chi connectivity index (χ4v) is 4.82. The minimum absolute atomic E-state index is 0.201. The van der Waals surface area contributed by atoms with Gasteiger partial charge >= 0.3 is 0 Å². The summed E-state index contributed by atoms with van der Waals surface area (Å²) in [7, 11) is 2.12. The highest BCUT2D eigenvalue weighted by molar-refractivity contribution is 6.35. The molecule has 8 heteroatoms. The van der Waals surface area contributed by atoms with E-state index in [1.54, 1.807) is 0 Å². The predicted octanol–water partition coefficient (Wildman–Crippen LogP) is 4.43. The molecule has 1 aliphatic rings. The Balaban J connectivity index is 1.45. The van der Waals surface area contributed by atoms with E-state index in [1.807, 2.05) is 17.0 Å². The van der Waals surface area contributed by atoms with Crippen molar-refractivity contribution in [2.45, 2.75) is 19.0 Å². The van der Waals surface area contributed by atoms with Crippen LogP contribution < -0.4 is 5.73 Å². The summed E-state index contributed by atoms with van der Waals surface area (Å²) < 4.78 is 13.0. The molecule has 6 nitrogen and oxygen atoms in total. The molecular formula is C25H30Cl2N4O2. The van der Waals surface area contributed by atoms with Crippen LogP contribution in [0.25, 0.3) is 11.3 Å². The van der Waals surface area contributed by atoms with E-state index in [0.29, 0.717) is 38.0 Å². The Kier molecular flexibility index (Phi) is 8.41. The van der Waals surface area contributed by atoms with Crippen molar-refractivity contribution in [2.24, 2.45) is 5.73 Å². The second kappa shape index (κ2) is 11.5. The third kappa shape index (κ3) is 6.15. The maximum Gasteiger partial charge on any atom is 0.0954 e. The second-order valence-electron chi connectivity index (χ2n) is 8.34. The number of aromatic nitrogens is 2. The van der Waals surface area contributed by atoms with Gasteiger partial charge in [-0.3, -0.25) is 0 Å². The summed E-state index contributed by atoms with van der Waals surface area (Å²) in [6.07, 6.45) is 3.90. The van der Waals surface area contributed by atoms with Crippen molar-refractivity contribution in [3.8, 4) is 11.3 Å². The number of hydrogen-bond donors (Lipinski definition) is 1. The van der Waals surface area contributed by atoms with E-state index in [4.69, 9.17) is 38.4 Å². The molecule has 2 aromatic carbocycles. The van der Waals surface area contributed by atoms with Gasteiger partial charge < -0.3 is 24.7 Å². The molecule has 0 saturated carbocycles. The van der Waals surface area contributed by atoms with E-state index in [2.05, 4.69) is 53.5 Å². The third-order valence-electron chi connectivity index (χ3n) is 5.84. The van der Waals surface area contributed by atoms with Gasteiger partial charge in [-0.2, -0.15) is 0 Å². The monoisotopic (exact) mass is 488 g/mol. The molecule has 33 heavy (non-hydrogen) atoms. The van der Waals surface area contributed by atoms with E-state index >= 15 is 0 Å². The second-order valence-corrected chi connectivity index (χ2v) is 9.18. The molecule has 176 valence electrons. The van der Waals surface area contributed by atoms with Gasteiger partial charge in [0.15, 0.2) is 0 Å². The first-order valence-corrected chi connectivity index (χ1v) is 11.9. The van der Waals surface area contributed by atoms with E-state index in [9.17, 15) is 0 Å². The predicted molar refractivity (Wildman–Crippen MR) is 133 cm³/mol. The van der Waals surface area contributed by atoms with E-state index in [0.717, 1.165) is 41.5 Å². The maximum absolute atomic E-state index is 6.53. The molecular weight excluding hydrogens is 459 g/mol. The van der Waals surface area contributed by atoms with Gasteiger partial charge in [-0.1, -0.05) is 41.4 Å². The highest BCUT2D eigenvalue weighted by Crippen LogP contribution is 2.39. The molecule has 0 radical (unpaired) electrons. The minimum Gasteiger partial charge on any atom is -0.378 e. The molecule has 0 bridgehead atoms. The Morgan fingerprint density at radius 3 is 2.73 bits per heavy atom. The first-order valence-electron chi connectivity index (χ1n) is 11.2. The van der Waals surface area contributed by atoms with Crippen LogP contribution in [0.4, 0.5) is 0 Å².